The minimum atomic E-state index is -0.113. The van der Waals surface area contributed by atoms with Crippen LogP contribution in [0.3, 0.4) is 0 Å². The van der Waals surface area contributed by atoms with E-state index in [1.807, 2.05) is 69.3 Å². The lowest BCUT2D eigenvalue weighted by Gasteiger charge is -2.15. The SMILES string of the molecule is CCOc1ccccc1OCCCC(=O)NC(C)c1ccc(NC(=O)CC)cc1. The van der Waals surface area contributed by atoms with Gasteiger partial charge in [-0.1, -0.05) is 31.2 Å². The molecular formula is C23H30N2O4. The second kappa shape index (κ2) is 11.7. The summed E-state index contributed by atoms with van der Waals surface area (Å²) in [6.07, 6.45) is 1.43. The zero-order valence-corrected chi connectivity index (χ0v) is 17.4. The second-order valence-electron chi connectivity index (χ2n) is 6.64. The van der Waals surface area contributed by atoms with Gasteiger partial charge in [-0.05, 0) is 50.1 Å². The van der Waals surface area contributed by atoms with Gasteiger partial charge in [0, 0.05) is 18.5 Å². The van der Waals surface area contributed by atoms with Crippen LogP contribution in [0.2, 0.25) is 0 Å². The van der Waals surface area contributed by atoms with Gasteiger partial charge in [-0.15, -0.1) is 0 Å². The van der Waals surface area contributed by atoms with Gasteiger partial charge in [0.05, 0.1) is 19.3 Å². The van der Waals surface area contributed by atoms with Crippen molar-refractivity contribution in [2.24, 2.45) is 0 Å². The van der Waals surface area contributed by atoms with Gasteiger partial charge in [0.15, 0.2) is 11.5 Å². The van der Waals surface area contributed by atoms with Crippen molar-refractivity contribution in [3.8, 4) is 11.5 Å². The van der Waals surface area contributed by atoms with E-state index in [1.165, 1.54) is 0 Å². The molecule has 156 valence electrons. The quantitative estimate of drug-likeness (QED) is 0.548. The lowest BCUT2D eigenvalue weighted by atomic mass is 10.1. The monoisotopic (exact) mass is 398 g/mol. The number of hydrogen-bond acceptors (Lipinski definition) is 4. The molecule has 0 heterocycles. The van der Waals surface area contributed by atoms with E-state index in [0.717, 1.165) is 11.3 Å². The summed E-state index contributed by atoms with van der Waals surface area (Å²) in [4.78, 5) is 23.6. The third-order valence-corrected chi connectivity index (χ3v) is 4.35. The zero-order valence-electron chi connectivity index (χ0n) is 17.4. The number of rotatable bonds is 11. The molecule has 29 heavy (non-hydrogen) atoms. The van der Waals surface area contributed by atoms with Gasteiger partial charge in [0.2, 0.25) is 11.8 Å². The summed E-state index contributed by atoms with van der Waals surface area (Å²) in [5.41, 5.74) is 1.73. The molecule has 2 aromatic rings. The highest BCUT2D eigenvalue weighted by Gasteiger charge is 2.10. The van der Waals surface area contributed by atoms with Crippen molar-refractivity contribution in [1.29, 1.82) is 0 Å². The average Bonchev–Trinajstić information content (AvgIpc) is 2.73. The van der Waals surface area contributed by atoms with E-state index in [0.29, 0.717) is 44.0 Å². The van der Waals surface area contributed by atoms with Crippen LogP contribution in [0.25, 0.3) is 0 Å². The molecule has 0 bridgehead atoms. The average molecular weight is 399 g/mol. The van der Waals surface area contributed by atoms with E-state index in [4.69, 9.17) is 9.47 Å². The van der Waals surface area contributed by atoms with Crippen LogP contribution >= 0.6 is 0 Å². The van der Waals surface area contributed by atoms with Gasteiger partial charge in [-0.2, -0.15) is 0 Å². The highest BCUT2D eigenvalue weighted by molar-refractivity contribution is 5.90. The fraction of sp³-hybridized carbons (Fsp3) is 0.391. The number of carbonyl (C=O) groups is 2. The maximum absolute atomic E-state index is 12.2. The van der Waals surface area contributed by atoms with Crippen LogP contribution in [-0.4, -0.2) is 25.0 Å². The number of anilines is 1. The second-order valence-corrected chi connectivity index (χ2v) is 6.64. The number of ether oxygens (including phenoxy) is 2. The van der Waals surface area contributed by atoms with Crippen LogP contribution in [0.1, 0.15) is 51.6 Å². The van der Waals surface area contributed by atoms with Crippen LogP contribution < -0.4 is 20.1 Å². The molecule has 1 atom stereocenters. The van der Waals surface area contributed by atoms with Gasteiger partial charge >= 0.3 is 0 Å². The first-order valence-corrected chi connectivity index (χ1v) is 10.1. The molecule has 0 spiro atoms. The van der Waals surface area contributed by atoms with E-state index in [9.17, 15) is 9.59 Å². The third kappa shape index (κ3) is 7.49. The molecule has 0 saturated heterocycles. The predicted molar refractivity (Wildman–Crippen MR) is 114 cm³/mol. The Labute approximate surface area is 172 Å². The largest absolute Gasteiger partial charge is 0.490 e. The van der Waals surface area contributed by atoms with Gasteiger partial charge < -0.3 is 20.1 Å². The Kier molecular flexibility index (Phi) is 9.02. The Morgan fingerprint density at radius 2 is 1.59 bits per heavy atom. The van der Waals surface area contributed by atoms with Crippen molar-refractivity contribution < 1.29 is 19.1 Å². The number of nitrogens with one attached hydrogen (secondary N) is 2. The normalized spacial score (nSPS) is 11.4. The van der Waals surface area contributed by atoms with Crippen LogP contribution in [0, 0.1) is 0 Å². The maximum Gasteiger partial charge on any atom is 0.224 e. The first-order chi connectivity index (χ1) is 14.0. The summed E-state index contributed by atoms with van der Waals surface area (Å²) in [6, 6.07) is 14.9. The Balaban J connectivity index is 1.74. The van der Waals surface area contributed by atoms with Crippen LogP contribution in [0.5, 0.6) is 11.5 Å². The lowest BCUT2D eigenvalue weighted by Crippen LogP contribution is -2.26. The van der Waals surface area contributed by atoms with Crippen molar-refractivity contribution in [2.75, 3.05) is 18.5 Å². The standard InChI is InChI=1S/C23H30N2O4/c1-4-22(26)25-19-14-12-18(13-15-19)17(3)24-23(27)11-8-16-29-21-10-7-6-9-20(21)28-5-2/h6-7,9-10,12-15,17H,4-5,8,11,16H2,1-3H3,(H,24,27)(H,25,26). The number of hydrogen-bond donors (Lipinski definition) is 2. The number of para-hydroxylation sites is 2. The van der Waals surface area contributed by atoms with E-state index in [-0.39, 0.29) is 17.9 Å². The van der Waals surface area contributed by atoms with Gasteiger partial charge in [0.1, 0.15) is 0 Å². The third-order valence-electron chi connectivity index (χ3n) is 4.35. The molecular weight excluding hydrogens is 368 g/mol. The molecule has 0 aliphatic carbocycles. The molecule has 2 amide bonds. The molecule has 0 aromatic heterocycles. The fourth-order valence-electron chi connectivity index (χ4n) is 2.76. The van der Waals surface area contributed by atoms with Crippen molar-refractivity contribution >= 4 is 17.5 Å². The minimum Gasteiger partial charge on any atom is -0.490 e. The molecule has 2 rings (SSSR count). The molecule has 0 aliphatic rings. The molecule has 6 nitrogen and oxygen atoms in total. The van der Waals surface area contributed by atoms with Gasteiger partial charge in [-0.3, -0.25) is 9.59 Å². The molecule has 2 aromatic carbocycles. The van der Waals surface area contributed by atoms with Gasteiger partial charge in [0.25, 0.3) is 0 Å². The molecule has 0 saturated carbocycles. The van der Waals surface area contributed by atoms with Crippen LogP contribution in [-0.2, 0) is 9.59 Å². The lowest BCUT2D eigenvalue weighted by molar-refractivity contribution is -0.122. The van der Waals surface area contributed by atoms with E-state index in [2.05, 4.69) is 10.6 Å². The predicted octanol–water partition coefficient (Wildman–Crippen LogP) is 4.47. The first-order valence-electron chi connectivity index (χ1n) is 10.1. The fourth-order valence-corrected chi connectivity index (χ4v) is 2.76. The van der Waals surface area contributed by atoms with E-state index >= 15 is 0 Å². The Bertz CT molecular complexity index is 790. The minimum absolute atomic E-state index is 0.0230. The Morgan fingerprint density at radius 3 is 2.21 bits per heavy atom. The maximum atomic E-state index is 12.2. The number of carbonyl (C=O) groups excluding carboxylic acids is 2. The van der Waals surface area contributed by atoms with Crippen LogP contribution in [0.4, 0.5) is 5.69 Å². The zero-order chi connectivity index (χ0) is 21.1. The molecule has 6 heteroatoms. The molecule has 0 aliphatic heterocycles. The van der Waals surface area contributed by atoms with E-state index in [1.54, 1.807) is 0 Å². The van der Waals surface area contributed by atoms with Crippen molar-refractivity contribution in [3.05, 3.63) is 54.1 Å². The first kappa shape index (κ1) is 22.3. The summed E-state index contributed by atoms with van der Waals surface area (Å²) in [5, 5.41) is 5.80. The van der Waals surface area contributed by atoms with Gasteiger partial charge in [-0.25, -0.2) is 0 Å². The van der Waals surface area contributed by atoms with Crippen molar-refractivity contribution in [2.45, 2.75) is 46.1 Å². The Hall–Kier alpha value is -3.02. The molecule has 0 radical (unpaired) electrons. The topological polar surface area (TPSA) is 76.7 Å². The van der Waals surface area contributed by atoms with Crippen molar-refractivity contribution in [1.82, 2.24) is 5.32 Å². The highest BCUT2D eigenvalue weighted by atomic mass is 16.5. The number of amides is 2. The summed E-state index contributed by atoms with van der Waals surface area (Å²) in [7, 11) is 0. The highest BCUT2D eigenvalue weighted by Crippen LogP contribution is 2.26. The van der Waals surface area contributed by atoms with E-state index < -0.39 is 0 Å². The van der Waals surface area contributed by atoms with Crippen molar-refractivity contribution in [3.63, 3.8) is 0 Å². The smallest absolute Gasteiger partial charge is 0.224 e. The Morgan fingerprint density at radius 1 is 0.931 bits per heavy atom. The molecule has 0 fully saturated rings. The summed E-state index contributed by atoms with van der Waals surface area (Å²) < 4.78 is 11.3. The van der Waals surface area contributed by atoms with Crippen LogP contribution in [0.15, 0.2) is 48.5 Å². The molecule has 2 N–H and O–H groups in total. The molecule has 1 unspecified atom stereocenters. The summed E-state index contributed by atoms with van der Waals surface area (Å²) in [5.74, 6) is 1.36. The summed E-state index contributed by atoms with van der Waals surface area (Å²) in [6.45, 7) is 6.69. The summed E-state index contributed by atoms with van der Waals surface area (Å²) >= 11 is 0. The number of benzene rings is 2.